The average Bonchev–Trinajstić information content (AvgIpc) is 2.84. The Labute approximate surface area is 194 Å². The number of nitrogens with one attached hydrogen (secondary N) is 1. The van der Waals surface area contributed by atoms with Gasteiger partial charge in [0, 0.05) is 67.9 Å². The normalized spacial score (nSPS) is 14.9. The number of carbonyl (C=O) groups is 1. The second-order valence-electron chi connectivity index (χ2n) is 8.26. The minimum absolute atomic E-state index is 0.0433. The van der Waals surface area contributed by atoms with E-state index in [4.69, 9.17) is 0 Å². The van der Waals surface area contributed by atoms with E-state index >= 15 is 0 Å². The molecule has 0 aliphatic carbocycles. The lowest BCUT2D eigenvalue weighted by atomic mass is 10.1. The van der Waals surface area contributed by atoms with Gasteiger partial charge in [-0.05, 0) is 54.1 Å². The zero-order valence-electron chi connectivity index (χ0n) is 18.5. The number of rotatable bonds is 8. The van der Waals surface area contributed by atoms with Gasteiger partial charge in [-0.1, -0.05) is 30.3 Å². The van der Waals surface area contributed by atoms with E-state index in [1.165, 1.54) is 11.1 Å². The van der Waals surface area contributed by atoms with Gasteiger partial charge in [0.2, 0.25) is 0 Å². The number of amides is 1. The fourth-order valence-electron chi connectivity index (χ4n) is 3.74. The maximum Gasteiger partial charge on any atom is 0.251 e. The maximum atomic E-state index is 12.6. The summed E-state index contributed by atoms with van der Waals surface area (Å²) in [6.07, 6.45) is 3.67. The highest BCUT2D eigenvalue weighted by Crippen LogP contribution is 2.22. The zero-order chi connectivity index (χ0) is 22.2. The Morgan fingerprint density at radius 3 is 2.47 bits per heavy atom. The molecule has 1 aromatic heterocycles. The minimum atomic E-state index is -0.0433. The molecule has 2 heterocycles. The van der Waals surface area contributed by atoms with Crippen molar-refractivity contribution in [2.75, 3.05) is 33.2 Å². The van der Waals surface area contributed by atoms with E-state index < -0.39 is 0 Å². The van der Waals surface area contributed by atoms with Crippen molar-refractivity contribution >= 4 is 17.7 Å². The largest absolute Gasteiger partial charge is 0.348 e. The molecule has 166 valence electrons. The third-order valence-corrected chi connectivity index (χ3v) is 6.77. The number of aromatic nitrogens is 1. The number of benzene rings is 2. The average molecular weight is 447 g/mol. The summed E-state index contributed by atoms with van der Waals surface area (Å²) >= 11 is 1.74. The lowest BCUT2D eigenvalue weighted by Crippen LogP contribution is -2.43. The van der Waals surface area contributed by atoms with Gasteiger partial charge >= 0.3 is 0 Å². The fourth-order valence-corrected chi connectivity index (χ4v) is 4.57. The second kappa shape index (κ2) is 11.3. The van der Waals surface area contributed by atoms with E-state index in [0.29, 0.717) is 12.1 Å². The number of hydrogen-bond donors (Lipinski definition) is 1. The van der Waals surface area contributed by atoms with Crippen LogP contribution in [0, 0.1) is 0 Å². The van der Waals surface area contributed by atoms with Crippen molar-refractivity contribution in [2.45, 2.75) is 23.7 Å². The topological polar surface area (TPSA) is 48.5 Å². The molecular formula is C26H30N4OS. The van der Waals surface area contributed by atoms with Gasteiger partial charge in [0.05, 0.1) is 0 Å². The van der Waals surface area contributed by atoms with E-state index in [1.54, 1.807) is 18.0 Å². The summed E-state index contributed by atoms with van der Waals surface area (Å²) in [6, 6.07) is 20.4. The van der Waals surface area contributed by atoms with Gasteiger partial charge in [-0.2, -0.15) is 0 Å². The van der Waals surface area contributed by atoms with Crippen LogP contribution < -0.4 is 5.32 Å². The van der Waals surface area contributed by atoms with Crippen LogP contribution in [0.4, 0.5) is 0 Å². The number of thioether (sulfide) groups is 1. The Morgan fingerprint density at radius 1 is 0.969 bits per heavy atom. The first-order valence-electron chi connectivity index (χ1n) is 11.0. The predicted molar refractivity (Wildman–Crippen MR) is 131 cm³/mol. The molecule has 0 radical (unpaired) electrons. The second-order valence-corrected chi connectivity index (χ2v) is 9.31. The molecular weight excluding hydrogens is 416 g/mol. The first-order valence-corrected chi connectivity index (χ1v) is 12.0. The van der Waals surface area contributed by atoms with E-state index in [-0.39, 0.29) is 5.91 Å². The summed E-state index contributed by atoms with van der Waals surface area (Å²) in [6.45, 7) is 5.95. The molecule has 5 nitrogen and oxygen atoms in total. The molecule has 0 unspecified atom stereocenters. The summed E-state index contributed by atoms with van der Waals surface area (Å²) in [4.78, 5) is 22.8. The molecule has 0 bridgehead atoms. The third kappa shape index (κ3) is 6.66. The summed E-state index contributed by atoms with van der Waals surface area (Å²) < 4.78 is 0. The standard InChI is InChI=1S/C26H30N4OS/c1-29-12-14-30(15-13-29)19-22-5-2-4-21(16-22)18-28-26(31)24-7-9-25(10-8-24)32-20-23-6-3-11-27-17-23/h2-11,16-17H,12-15,18-20H2,1H3,(H,28,31). The summed E-state index contributed by atoms with van der Waals surface area (Å²) in [5, 5.41) is 3.05. The Kier molecular flexibility index (Phi) is 7.93. The van der Waals surface area contributed by atoms with Gasteiger partial charge in [-0.15, -0.1) is 11.8 Å². The van der Waals surface area contributed by atoms with Crippen LogP contribution in [0.15, 0.2) is 78.0 Å². The Morgan fingerprint density at radius 2 is 1.72 bits per heavy atom. The number of piperazine rings is 1. The van der Waals surface area contributed by atoms with Gasteiger partial charge < -0.3 is 10.2 Å². The van der Waals surface area contributed by atoms with Crippen LogP contribution in [0.5, 0.6) is 0 Å². The van der Waals surface area contributed by atoms with E-state index in [2.05, 4.69) is 57.5 Å². The number of carbonyl (C=O) groups excluding carboxylic acids is 1. The predicted octanol–water partition coefficient (Wildman–Crippen LogP) is 4.05. The number of hydrogen-bond acceptors (Lipinski definition) is 5. The van der Waals surface area contributed by atoms with Gasteiger partial charge in [0.1, 0.15) is 0 Å². The number of pyridine rings is 1. The number of nitrogens with zero attached hydrogens (tertiary/aromatic N) is 3. The molecule has 0 spiro atoms. The highest BCUT2D eigenvalue weighted by Gasteiger charge is 2.14. The molecule has 6 heteroatoms. The van der Waals surface area contributed by atoms with Crippen LogP contribution >= 0.6 is 11.8 Å². The molecule has 1 N–H and O–H groups in total. The van der Waals surface area contributed by atoms with Crippen molar-refractivity contribution in [3.05, 3.63) is 95.3 Å². The van der Waals surface area contributed by atoms with Crippen LogP contribution in [-0.4, -0.2) is 53.9 Å². The highest BCUT2D eigenvalue weighted by molar-refractivity contribution is 7.98. The monoisotopic (exact) mass is 446 g/mol. The molecule has 4 rings (SSSR count). The smallest absolute Gasteiger partial charge is 0.251 e. The van der Waals surface area contributed by atoms with Gasteiger partial charge in [0.15, 0.2) is 0 Å². The van der Waals surface area contributed by atoms with Gasteiger partial charge in [0.25, 0.3) is 5.91 Å². The van der Waals surface area contributed by atoms with Gasteiger partial charge in [-0.3, -0.25) is 14.7 Å². The zero-order valence-corrected chi connectivity index (χ0v) is 19.4. The fraction of sp³-hybridized carbons (Fsp3) is 0.308. The van der Waals surface area contributed by atoms with Crippen molar-refractivity contribution in [2.24, 2.45) is 0 Å². The van der Waals surface area contributed by atoms with Crippen molar-refractivity contribution < 1.29 is 4.79 Å². The molecule has 1 aliphatic heterocycles. The Bertz CT molecular complexity index is 1000. The lowest BCUT2D eigenvalue weighted by molar-refractivity contribution is 0.0951. The third-order valence-electron chi connectivity index (χ3n) is 5.69. The first-order chi connectivity index (χ1) is 15.7. The van der Waals surface area contributed by atoms with Gasteiger partial charge in [-0.25, -0.2) is 0 Å². The van der Waals surface area contributed by atoms with E-state index in [0.717, 1.165) is 48.9 Å². The molecule has 32 heavy (non-hydrogen) atoms. The lowest BCUT2D eigenvalue weighted by Gasteiger charge is -2.32. The van der Waals surface area contributed by atoms with E-state index in [9.17, 15) is 4.79 Å². The van der Waals surface area contributed by atoms with Crippen LogP contribution in [-0.2, 0) is 18.8 Å². The Hall–Kier alpha value is -2.67. The van der Waals surface area contributed by atoms with Crippen molar-refractivity contribution in [1.82, 2.24) is 20.1 Å². The van der Waals surface area contributed by atoms with Crippen molar-refractivity contribution in [3.63, 3.8) is 0 Å². The van der Waals surface area contributed by atoms with Crippen molar-refractivity contribution in [3.8, 4) is 0 Å². The molecule has 1 saturated heterocycles. The van der Waals surface area contributed by atoms with E-state index in [1.807, 2.05) is 36.5 Å². The quantitative estimate of drug-likeness (QED) is 0.529. The molecule has 3 aromatic rings. The molecule has 0 saturated carbocycles. The molecule has 1 aliphatic rings. The van der Waals surface area contributed by atoms with Crippen LogP contribution in [0.25, 0.3) is 0 Å². The molecule has 0 atom stereocenters. The summed E-state index contributed by atoms with van der Waals surface area (Å²) in [5.74, 6) is 0.822. The summed E-state index contributed by atoms with van der Waals surface area (Å²) in [7, 11) is 2.18. The minimum Gasteiger partial charge on any atom is -0.348 e. The van der Waals surface area contributed by atoms with Crippen LogP contribution in [0.1, 0.15) is 27.0 Å². The highest BCUT2D eigenvalue weighted by atomic mass is 32.2. The maximum absolute atomic E-state index is 12.6. The number of likely N-dealkylation sites (N-methyl/N-ethyl adjacent to an activating group) is 1. The van der Waals surface area contributed by atoms with Crippen molar-refractivity contribution in [1.29, 1.82) is 0 Å². The van der Waals surface area contributed by atoms with Crippen LogP contribution in [0.3, 0.4) is 0 Å². The molecule has 1 amide bonds. The SMILES string of the molecule is CN1CCN(Cc2cccc(CNC(=O)c3ccc(SCc4cccnc4)cc3)c2)CC1. The molecule has 1 fully saturated rings. The van der Waals surface area contributed by atoms with Crippen LogP contribution in [0.2, 0.25) is 0 Å². The Balaban J connectivity index is 1.26. The summed E-state index contributed by atoms with van der Waals surface area (Å²) in [5.41, 5.74) is 4.31. The first kappa shape index (κ1) is 22.5. The molecule has 2 aromatic carbocycles.